The first kappa shape index (κ1) is 21.6. The topological polar surface area (TPSA) is 75.2 Å². The van der Waals surface area contributed by atoms with E-state index in [9.17, 15) is 14.0 Å². The molecule has 4 rings (SSSR count). The van der Waals surface area contributed by atoms with Gasteiger partial charge in [-0.25, -0.2) is 4.39 Å². The Kier molecular flexibility index (Phi) is 6.54. The van der Waals surface area contributed by atoms with Crippen LogP contribution in [0.15, 0.2) is 61.1 Å². The van der Waals surface area contributed by atoms with Crippen LogP contribution in [0.2, 0.25) is 0 Å². The van der Waals surface area contributed by atoms with Crippen LogP contribution in [0.25, 0.3) is 11.3 Å². The van der Waals surface area contributed by atoms with Gasteiger partial charge in [-0.1, -0.05) is 12.1 Å². The monoisotopic (exact) mass is 432 g/mol. The van der Waals surface area contributed by atoms with Crippen molar-refractivity contribution in [2.45, 2.75) is 26.2 Å². The molecular weight excluding hydrogens is 407 g/mol. The number of halogens is 1. The van der Waals surface area contributed by atoms with E-state index in [-0.39, 0.29) is 17.5 Å². The van der Waals surface area contributed by atoms with E-state index in [0.29, 0.717) is 42.2 Å². The minimum Gasteiger partial charge on any atom is -0.352 e. The molecule has 7 heteroatoms. The van der Waals surface area contributed by atoms with Crippen LogP contribution in [-0.2, 0) is 11.2 Å². The number of carbonyl (C=O) groups excluding carboxylic acids is 2. The molecular formula is C25H25FN4O2. The third-order valence-electron chi connectivity index (χ3n) is 5.50. The minimum absolute atomic E-state index is 0.166. The van der Waals surface area contributed by atoms with Crippen LogP contribution in [0, 0.1) is 11.7 Å². The lowest BCUT2D eigenvalue weighted by atomic mass is 10.1. The maximum atomic E-state index is 14.8. The third kappa shape index (κ3) is 5.35. The molecule has 2 aromatic heterocycles. The summed E-state index contributed by atoms with van der Waals surface area (Å²) in [6.07, 6.45) is 7.81. The molecule has 164 valence electrons. The zero-order chi connectivity index (χ0) is 22.5. The smallest absolute Gasteiger partial charge is 0.252 e. The molecule has 0 atom stereocenters. The van der Waals surface area contributed by atoms with Gasteiger partial charge in [-0.15, -0.1) is 0 Å². The molecule has 0 unspecified atom stereocenters. The van der Waals surface area contributed by atoms with Gasteiger partial charge < -0.3 is 10.2 Å². The van der Waals surface area contributed by atoms with Crippen molar-refractivity contribution in [1.82, 2.24) is 15.3 Å². The highest BCUT2D eigenvalue weighted by Gasteiger charge is 2.27. The van der Waals surface area contributed by atoms with Gasteiger partial charge in [0, 0.05) is 44.2 Å². The Morgan fingerprint density at radius 3 is 2.62 bits per heavy atom. The Labute approximate surface area is 186 Å². The summed E-state index contributed by atoms with van der Waals surface area (Å²) in [6.45, 7) is 2.50. The van der Waals surface area contributed by atoms with Crippen molar-refractivity contribution in [3.63, 3.8) is 0 Å². The second kappa shape index (κ2) is 9.68. The fraction of sp³-hybridized carbons (Fsp3) is 0.280. The number of amides is 2. The van der Waals surface area contributed by atoms with Gasteiger partial charge in [0.15, 0.2) is 0 Å². The Morgan fingerprint density at radius 2 is 2.00 bits per heavy atom. The van der Waals surface area contributed by atoms with Gasteiger partial charge >= 0.3 is 0 Å². The highest BCUT2D eigenvalue weighted by molar-refractivity contribution is 5.94. The van der Waals surface area contributed by atoms with E-state index in [1.807, 2.05) is 12.1 Å². The average Bonchev–Trinajstić information content (AvgIpc) is 3.63. The lowest BCUT2D eigenvalue weighted by Gasteiger charge is -2.22. The molecule has 0 bridgehead atoms. The number of nitrogens with one attached hydrogen (secondary N) is 1. The maximum Gasteiger partial charge on any atom is 0.252 e. The quantitative estimate of drug-likeness (QED) is 0.583. The predicted molar refractivity (Wildman–Crippen MR) is 121 cm³/mol. The van der Waals surface area contributed by atoms with Crippen LogP contribution in [0.3, 0.4) is 0 Å². The zero-order valence-corrected chi connectivity index (χ0v) is 17.9. The number of hydrogen-bond acceptors (Lipinski definition) is 4. The van der Waals surface area contributed by atoms with Crippen molar-refractivity contribution in [3.8, 4) is 11.3 Å². The summed E-state index contributed by atoms with van der Waals surface area (Å²) in [7, 11) is 0. The number of carbonyl (C=O) groups is 2. The van der Waals surface area contributed by atoms with Crippen molar-refractivity contribution < 1.29 is 14.0 Å². The number of anilines is 1. The van der Waals surface area contributed by atoms with E-state index in [2.05, 4.69) is 15.3 Å². The van der Waals surface area contributed by atoms with Crippen molar-refractivity contribution >= 4 is 17.5 Å². The van der Waals surface area contributed by atoms with Gasteiger partial charge in [0.25, 0.3) is 5.91 Å². The minimum atomic E-state index is -0.461. The molecule has 1 aliphatic carbocycles. The van der Waals surface area contributed by atoms with E-state index >= 15 is 0 Å². The maximum absolute atomic E-state index is 14.8. The van der Waals surface area contributed by atoms with Crippen LogP contribution < -0.4 is 10.2 Å². The molecule has 1 aromatic carbocycles. The van der Waals surface area contributed by atoms with Crippen LogP contribution in [0.4, 0.5) is 10.1 Å². The summed E-state index contributed by atoms with van der Waals surface area (Å²) in [5, 5.41) is 2.86. The Hall–Kier alpha value is -3.61. The standard InChI is InChI=1S/C25H25FN4O2/c1-17(31)30(16-19-4-5-19)24-9-7-20(13-22(24)26)23-8-6-21(15-29-23)25(32)28-12-10-18-3-2-11-27-14-18/h2-3,6-9,11,13-15,19H,4-5,10,12,16H2,1H3,(H,28,32). The molecule has 1 fully saturated rings. The molecule has 1 saturated carbocycles. The molecule has 0 radical (unpaired) electrons. The number of rotatable bonds is 8. The van der Waals surface area contributed by atoms with Gasteiger partial charge in [-0.3, -0.25) is 19.6 Å². The summed E-state index contributed by atoms with van der Waals surface area (Å²) in [5.41, 5.74) is 2.91. The highest BCUT2D eigenvalue weighted by atomic mass is 19.1. The SMILES string of the molecule is CC(=O)N(CC1CC1)c1ccc(-c2ccc(C(=O)NCCc3cccnc3)cn2)cc1F. The zero-order valence-electron chi connectivity index (χ0n) is 17.9. The summed E-state index contributed by atoms with van der Waals surface area (Å²) in [4.78, 5) is 34.2. The Balaban J connectivity index is 1.40. The van der Waals surface area contributed by atoms with E-state index in [1.165, 1.54) is 24.1 Å². The fourth-order valence-corrected chi connectivity index (χ4v) is 3.51. The summed E-state index contributed by atoms with van der Waals surface area (Å²) >= 11 is 0. The van der Waals surface area contributed by atoms with E-state index in [0.717, 1.165) is 18.4 Å². The van der Waals surface area contributed by atoms with Crippen LogP contribution in [0.1, 0.15) is 35.7 Å². The first-order valence-electron chi connectivity index (χ1n) is 10.7. The average molecular weight is 432 g/mol. The molecule has 2 amide bonds. The second-order valence-corrected chi connectivity index (χ2v) is 8.04. The van der Waals surface area contributed by atoms with Crippen molar-refractivity contribution in [1.29, 1.82) is 0 Å². The summed E-state index contributed by atoms with van der Waals surface area (Å²) in [6, 6.07) is 11.9. The molecule has 0 saturated heterocycles. The van der Waals surface area contributed by atoms with Gasteiger partial charge in [0.05, 0.1) is 16.9 Å². The summed E-state index contributed by atoms with van der Waals surface area (Å²) < 4.78 is 14.8. The lowest BCUT2D eigenvalue weighted by Crippen LogP contribution is -2.31. The van der Waals surface area contributed by atoms with Crippen molar-refractivity contribution in [2.24, 2.45) is 5.92 Å². The summed E-state index contributed by atoms with van der Waals surface area (Å²) in [5.74, 6) is -0.382. The van der Waals surface area contributed by atoms with Gasteiger partial charge in [0.1, 0.15) is 5.82 Å². The van der Waals surface area contributed by atoms with Crippen molar-refractivity contribution in [2.75, 3.05) is 18.0 Å². The van der Waals surface area contributed by atoms with E-state index in [1.54, 1.807) is 36.7 Å². The van der Waals surface area contributed by atoms with E-state index in [4.69, 9.17) is 0 Å². The number of aromatic nitrogens is 2. The predicted octanol–water partition coefficient (Wildman–Crippen LogP) is 4.02. The van der Waals surface area contributed by atoms with Crippen molar-refractivity contribution in [3.05, 3.63) is 78.0 Å². The molecule has 3 aromatic rings. The molecule has 1 N–H and O–H groups in total. The largest absolute Gasteiger partial charge is 0.352 e. The molecule has 2 heterocycles. The molecule has 0 aliphatic heterocycles. The molecule has 1 aliphatic rings. The number of nitrogens with zero attached hydrogens (tertiary/aromatic N) is 3. The number of hydrogen-bond donors (Lipinski definition) is 1. The lowest BCUT2D eigenvalue weighted by molar-refractivity contribution is -0.116. The Bertz CT molecular complexity index is 1100. The van der Waals surface area contributed by atoms with Crippen LogP contribution in [0.5, 0.6) is 0 Å². The number of benzene rings is 1. The first-order valence-corrected chi connectivity index (χ1v) is 10.7. The second-order valence-electron chi connectivity index (χ2n) is 8.04. The normalized spacial score (nSPS) is 12.9. The third-order valence-corrected chi connectivity index (χ3v) is 5.50. The van der Waals surface area contributed by atoms with Gasteiger partial charge in [0.2, 0.25) is 5.91 Å². The fourth-order valence-electron chi connectivity index (χ4n) is 3.51. The molecule has 32 heavy (non-hydrogen) atoms. The first-order chi connectivity index (χ1) is 15.5. The van der Waals surface area contributed by atoms with Crippen LogP contribution in [-0.4, -0.2) is 34.9 Å². The molecule has 6 nitrogen and oxygen atoms in total. The van der Waals surface area contributed by atoms with E-state index < -0.39 is 5.82 Å². The highest BCUT2D eigenvalue weighted by Crippen LogP contribution is 2.33. The van der Waals surface area contributed by atoms with Gasteiger partial charge in [-0.05, 0) is 61.1 Å². The molecule has 0 spiro atoms. The number of pyridine rings is 2. The Morgan fingerprint density at radius 1 is 1.16 bits per heavy atom. The van der Waals surface area contributed by atoms with Gasteiger partial charge in [-0.2, -0.15) is 0 Å². The van der Waals surface area contributed by atoms with Crippen LogP contribution >= 0.6 is 0 Å².